The van der Waals surface area contributed by atoms with Gasteiger partial charge in [-0.3, -0.25) is 14.5 Å². The van der Waals surface area contributed by atoms with E-state index in [1.165, 1.54) is 11.2 Å². The van der Waals surface area contributed by atoms with E-state index in [-0.39, 0.29) is 17.3 Å². The van der Waals surface area contributed by atoms with Gasteiger partial charge in [-0.2, -0.15) is 0 Å². The van der Waals surface area contributed by atoms with Crippen LogP contribution in [0.1, 0.15) is 32.3 Å². The predicted octanol–water partition coefficient (Wildman–Crippen LogP) is 5.04. The van der Waals surface area contributed by atoms with E-state index in [1.54, 1.807) is 49.6 Å². The molecule has 2 heterocycles. The van der Waals surface area contributed by atoms with Gasteiger partial charge in [0.2, 0.25) is 0 Å². The molecule has 2 aromatic carbocycles. The number of hydrogen-bond acceptors (Lipinski definition) is 6. The van der Waals surface area contributed by atoms with Gasteiger partial charge < -0.3 is 14.4 Å². The minimum absolute atomic E-state index is 0.0454. The van der Waals surface area contributed by atoms with Crippen molar-refractivity contribution in [2.24, 2.45) is 5.92 Å². The standard InChI is InChI=1S/C26H26N2O5/c1-4-5-16(2)23-22(24(29)18-8-12-20(32-3)13-9-18)25(30)26(31)28(23)19-10-6-17(7-11-19)21-14-15-33-27-21/h6-16,23,29H,4-5H2,1-3H3. The van der Waals surface area contributed by atoms with Crippen molar-refractivity contribution in [3.8, 4) is 17.0 Å². The van der Waals surface area contributed by atoms with E-state index in [4.69, 9.17) is 9.26 Å². The van der Waals surface area contributed by atoms with Crippen molar-refractivity contribution in [2.45, 2.75) is 32.7 Å². The van der Waals surface area contributed by atoms with Crippen LogP contribution in [-0.2, 0) is 9.59 Å². The molecule has 7 heteroatoms. The number of aliphatic hydroxyl groups excluding tert-OH is 1. The molecular weight excluding hydrogens is 420 g/mol. The fraction of sp³-hybridized carbons (Fsp3) is 0.269. The smallest absolute Gasteiger partial charge is 0.299 e. The molecule has 0 aliphatic carbocycles. The molecule has 1 saturated heterocycles. The zero-order valence-corrected chi connectivity index (χ0v) is 18.8. The van der Waals surface area contributed by atoms with Crippen molar-refractivity contribution in [3.05, 3.63) is 72.0 Å². The molecule has 0 saturated carbocycles. The Bertz CT molecular complexity index is 1160. The second kappa shape index (κ2) is 9.32. The quantitative estimate of drug-likeness (QED) is 0.310. The molecule has 1 N–H and O–H groups in total. The van der Waals surface area contributed by atoms with Gasteiger partial charge in [0, 0.05) is 22.9 Å². The van der Waals surface area contributed by atoms with Crippen LogP contribution in [0, 0.1) is 5.92 Å². The van der Waals surface area contributed by atoms with Crippen molar-refractivity contribution in [1.82, 2.24) is 5.16 Å². The molecule has 33 heavy (non-hydrogen) atoms. The number of rotatable bonds is 7. The van der Waals surface area contributed by atoms with Crippen molar-refractivity contribution >= 4 is 23.1 Å². The highest BCUT2D eigenvalue weighted by molar-refractivity contribution is 6.51. The van der Waals surface area contributed by atoms with Crippen molar-refractivity contribution in [3.63, 3.8) is 0 Å². The molecule has 1 aromatic heterocycles. The van der Waals surface area contributed by atoms with Crippen LogP contribution in [0.3, 0.4) is 0 Å². The Kier molecular flexibility index (Phi) is 6.31. The van der Waals surface area contributed by atoms with Crippen molar-refractivity contribution < 1.29 is 24.0 Å². The summed E-state index contributed by atoms with van der Waals surface area (Å²) in [5.74, 6) is -0.916. The first-order valence-electron chi connectivity index (χ1n) is 10.9. The van der Waals surface area contributed by atoms with Gasteiger partial charge in [0.05, 0.1) is 18.7 Å². The summed E-state index contributed by atoms with van der Waals surface area (Å²) >= 11 is 0. The average molecular weight is 447 g/mol. The second-order valence-electron chi connectivity index (χ2n) is 8.14. The largest absolute Gasteiger partial charge is 0.507 e. The maximum absolute atomic E-state index is 13.2. The van der Waals surface area contributed by atoms with Crippen LogP contribution >= 0.6 is 0 Å². The number of ether oxygens (including phenoxy) is 1. The maximum Gasteiger partial charge on any atom is 0.299 e. The maximum atomic E-state index is 13.2. The number of hydrogen-bond donors (Lipinski definition) is 1. The Morgan fingerprint density at radius 2 is 1.82 bits per heavy atom. The van der Waals surface area contributed by atoms with Crippen LogP contribution in [0.4, 0.5) is 5.69 Å². The van der Waals surface area contributed by atoms with Gasteiger partial charge in [-0.1, -0.05) is 37.6 Å². The summed E-state index contributed by atoms with van der Waals surface area (Å²) in [5, 5.41) is 15.0. The first-order chi connectivity index (χ1) is 16.0. The number of Topliss-reactive ketones (excluding diaryl/α,β-unsaturated/α-hetero) is 1. The Balaban J connectivity index is 1.78. The number of methoxy groups -OCH3 is 1. The number of benzene rings is 2. The lowest BCUT2D eigenvalue weighted by molar-refractivity contribution is -0.132. The summed E-state index contributed by atoms with van der Waals surface area (Å²) in [6.07, 6.45) is 3.17. The number of aromatic nitrogens is 1. The normalized spacial score (nSPS) is 18.5. The molecule has 0 radical (unpaired) electrons. The fourth-order valence-electron chi connectivity index (χ4n) is 4.35. The highest BCUT2D eigenvalue weighted by atomic mass is 16.5. The van der Waals surface area contributed by atoms with Gasteiger partial charge in [-0.25, -0.2) is 0 Å². The van der Waals surface area contributed by atoms with Crippen LogP contribution in [0.5, 0.6) is 5.75 Å². The molecule has 1 aliphatic rings. The topological polar surface area (TPSA) is 92.9 Å². The van der Waals surface area contributed by atoms with Gasteiger partial charge in [-0.05, 0) is 48.7 Å². The van der Waals surface area contributed by atoms with E-state index in [2.05, 4.69) is 12.1 Å². The van der Waals surface area contributed by atoms with E-state index in [1.807, 2.05) is 19.1 Å². The summed E-state index contributed by atoms with van der Waals surface area (Å²) < 4.78 is 10.1. The highest BCUT2D eigenvalue weighted by Gasteiger charge is 2.48. The molecule has 1 fully saturated rings. The Morgan fingerprint density at radius 1 is 1.12 bits per heavy atom. The van der Waals surface area contributed by atoms with Gasteiger partial charge >= 0.3 is 0 Å². The zero-order chi connectivity index (χ0) is 23.5. The number of carbonyl (C=O) groups is 2. The third kappa shape index (κ3) is 4.14. The number of ketones is 1. The van der Waals surface area contributed by atoms with Crippen LogP contribution in [0.25, 0.3) is 17.0 Å². The first-order valence-corrected chi connectivity index (χ1v) is 10.9. The van der Waals surface area contributed by atoms with E-state index in [0.717, 1.165) is 18.4 Å². The van der Waals surface area contributed by atoms with Gasteiger partial charge in [-0.15, -0.1) is 0 Å². The molecule has 2 unspecified atom stereocenters. The molecule has 3 aromatic rings. The van der Waals surface area contributed by atoms with Gasteiger partial charge in [0.1, 0.15) is 23.5 Å². The molecule has 4 rings (SSSR count). The Hall–Kier alpha value is -3.87. The third-order valence-corrected chi connectivity index (χ3v) is 6.01. The Labute approximate surface area is 192 Å². The number of nitrogens with zero attached hydrogens (tertiary/aromatic N) is 2. The monoisotopic (exact) mass is 446 g/mol. The average Bonchev–Trinajstić information content (AvgIpc) is 3.46. The SMILES string of the molecule is CCCC(C)C1C(=C(O)c2ccc(OC)cc2)C(=O)C(=O)N1c1ccc(-c2ccon2)cc1. The molecule has 170 valence electrons. The summed E-state index contributed by atoms with van der Waals surface area (Å²) in [7, 11) is 1.56. The number of aliphatic hydroxyl groups is 1. The summed E-state index contributed by atoms with van der Waals surface area (Å²) in [4.78, 5) is 27.8. The number of carbonyl (C=O) groups excluding carboxylic acids is 2. The minimum atomic E-state index is -0.683. The summed E-state index contributed by atoms with van der Waals surface area (Å²) in [6, 6.07) is 15.2. The van der Waals surface area contributed by atoms with E-state index in [0.29, 0.717) is 22.7 Å². The lowest BCUT2D eigenvalue weighted by Gasteiger charge is -2.30. The molecule has 0 bridgehead atoms. The van der Waals surface area contributed by atoms with Gasteiger partial charge in [0.15, 0.2) is 0 Å². The van der Waals surface area contributed by atoms with Crippen molar-refractivity contribution in [2.75, 3.05) is 12.0 Å². The zero-order valence-electron chi connectivity index (χ0n) is 18.8. The molecule has 1 amide bonds. The van der Waals surface area contributed by atoms with Gasteiger partial charge in [0.25, 0.3) is 11.7 Å². The van der Waals surface area contributed by atoms with E-state index < -0.39 is 17.7 Å². The molecular formula is C26H26N2O5. The third-order valence-electron chi connectivity index (χ3n) is 6.01. The predicted molar refractivity (Wildman–Crippen MR) is 125 cm³/mol. The van der Waals surface area contributed by atoms with Crippen LogP contribution in [0.2, 0.25) is 0 Å². The lowest BCUT2D eigenvalue weighted by atomic mass is 9.89. The van der Waals surface area contributed by atoms with E-state index >= 15 is 0 Å². The molecule has 0 spiro atoms. The highest BCUT2D eigenvalue weighted by Crippen LogP contribution is 2.38. The fourth-order valence-corrected chi connectivity index (χ4v) is 4.35. The molecule has 1 aliphatic heterocycles. The Morgan fingerprint density at radius 3 is 2.39 bits per heavy atom. The number of anilines is 1. The van der Waals surface area contributed by atoms with E-state index in [9.17, 15) is 14.7 Å². The first kappa shape index (κ1) is 22.3. The minimum Gasteiger partial charge on any atom is -0.507 e. The van der Waals surface area contributed by atoms with Crippen LogP contribution in [0.15, 0.2) is 71.0 Å². The summed E-state index contributed by atoms with van der Waals surface area (Å²) in [6.45, 7) is 4.05. The molecule has 7 nitrogen and oxygen atoms in total. The van der Waals surface area contributed by atoms with Crippen molar-refractivity contribution in [1.29, 1.82) is 0 Å². The lowest BCUT2D eigenvalue weighted by Crippen LogP contribution is -2.38. The number of amides is 1. The molecule has 2 atom stereocenters. The van der Waals surface area contributed by atoms with Crippen LogP contribution < -0.4 is 9.64 Å². The second-order valence-corrected chi connectivity index (χ2v) is 8.14. The summed E-state index contributed by atoms with van der Waals surface area (Å²) in [5.41, 5.74) is 2.70. The van der Waals surface area contributed by atoms with Crippen LogP contribution in [-0.4, -0.2) is 35.1 Å².